The Bertz CT molecular complexity index is 1930. The molecule has 0 fully saturated rings. The molecule has 0 saturated carbocycles. The molecule has 1 atom stereocenters. The van der Waals surface area contributed by atoms with Crippen molar-refractivity contribution in [3.8, 4) is 23.1 Å². The lowest BCUT2D eigenvalue weighted by atomic mass is 10.1. The first-order valence-electron chi connectivity index (χ1n) is 14.0. The quantitative estimate of drug-likeness (QED) is 0.271. The number of anilines is 1. The Morgan fingerprint density at radius 1 is 1.02 bits per heavy atom. The van der Waals surface area contributed by atoms with E-state index in [-0.39, 0.29) is 5.91 Å². The van der Waals surface area contributed by atoms with Gasteiger partial charge in [0.05, 0.1) is 11.9 Å². The average Bonchev–Trinajstić information content (AvgIpc) is 3.40. The molecule has 9 heteroatoms. The number of alkyl carbamates (subject to hydrolysis) is 1. The summed E-state index contributed by atoms with van der Waals surface area (Å²) in [6.45, 7) is 10.9. The number of nitrogens with zero attached hydrogens (tertiary/aromatic N) is 5. The first kappa shape index (κ1) is 29.3. The van der Waals surface area contributed by atoms with E-state index >= 15 is 0 Å². The van der Waals surface area contributed by atoms with Gasteiger partial charge in [-0.2, -0.15) is 0 Å². The Labute approximate surface area is 250 Å². The molecule has 0 aliphatic rings. The number of pyridine rings is 3. The van der Waals surface area contributed by atoms with Gasteiger partial charge >= 0.3 is 6.09 Å². The average molecular weight is 575 g/mol. The number of hydrogen-bond donors (Lipinski definition) is 1. The van der Waals surface area contributed by atoms with Crippen molar-refractivity contribution in [2.45, 2.75) is 53.2 Å². The number of fused-ring (bicyclic) bond motifs is 2. The van der Waals surface area contributed by atoms with Gasteiger partial charge in [0, 0.05) is 41.1 Å². The minimum absolute atomic E-state index is 0.359. The summed E-state index contributed by atoms with van der Waals surface area (Å²) in [7, 11) is 1.62. The van der Waals surface area contributed by atoms with Crippen LogP contribution in [0.2, 0.25) is 0 Å². The van der Waals surface area contributed by atoms with Crippen LogP contribution in [0.1, 0.15) is 50.3 Å². The van der Waals surface area contributed by atoms with E-state index in [1.165, 1.54) is 4.90 Å². The zero-order valence-electron chi connectivity index (χ0n) is 25.4. The Morgan fingerprint density at radius 2 is 1.81 bits per heavy atom. The summed E-state index contributed by atoms with van der Waals surface area (Å²) in [6.07, 6.45) is 2.92. The van der Waals surface area contributed by atoms with E-state index in [1.807, 2.05) is 72.8 Å². The highest BCUT2D eigenvalue weighted by molar-refractivity contribution is 5.97. The molecule has 5 rings (SSSR count). The van der Waals surface area contributed by atoms with Gasteiger partial charge in [-0.1, -0.05) is 18.1 Å². The second-order valence-corrected chi connectivity index (χ2v) is 11.5. The Balaban J connectivity index is 1.54. The summed E-state index contributed by atoms with van der Waals surface area (Å²) in [5.74, 6) is 6.44. The number of carbonyl (C=O) groups excluding carboxylic acids is 2. The van der Waals surface area contributed by atoms with E-state index in [0.29, 0.717) is 11.5 Å². The van der Waals surface area contributed by atoms with E-state index in [1.54, 1.807) is 47.1 Å². The van der Waals surface area contributed by atoms with E-state index in [0.717, 1.165) is 44.6 Å². The number of ether oxygens (including phenoxy) is 1. The largest absolute Gasteiger partial charge is 0.444 e. The Kier molecular flexibility index (Phi) is 7.87. The highest BCUT2D eigenvalue weighted by atomic mass is 16.6. The molecule has 43 heavy (non-hydrogen) atoms. The first-order chi connectivity index (χ1) is 20.4. The number of carbonyl (C=O) groups is 2. The number of hydrogen-bond acceptors (Lipinski definition) is 6. The van der Waals surface area contributed by atoms with Crippen molar-refractivity contribution < 1.29 is 14.3 Å². The molecule has 0 aliphatic carbocycles. The maximum absolute atomic E-state index is 13.4. The fourth-order valence-corrected chi connectivity index (χ4v) is 4.80. The van der Waals surface area contributed by atoms with Crippen molar-refractivity contribution in [1.82, 2.24) is 24.7 Å². The Morgan fingerprint density at radius 3 is 2.58 bits per heavy atom. The summed E-state index contributed by atoms with van der Waals surface area (Å²) >= 11 is 0. The number of aryl methyl sites for hydroxylation is 2. The van der Waals surface area contributed by atoms with Crippen molar-refractivity contribution in [1.29, 1.82) is 0 Å². The minimum Gasteiger partial charge on any atom is -0.444 e. The van der Waals surface area contributed by atoms with Gasteiger partial charge in [-0.3, -0.25) is 19.1 Å². The van der Waals surface area contributed by atoms with Crippen LogP contribution in [0.5, 0.6) is 0 Å². The van der Waals surface area contributed by atoms with Gasteiger partial charge in [0.25, 0.3) is 0 Å². The summed E-state index contributed by atoms with van der Waals surface area (Å²) in [5.41, 5.74) is 5.04. The predicted molar refractivity (Wildman–Crippen MR) is 168 cm³/mol. The number of benzene rings is 1. The van der Waals surface area contributed by atoms with E-state index in [9.17, 15) is 9.59 Å². The number of nitrogens with one attached hydrogen (secondary N) is 1. The molecular weight excluding hydrogens is 540 g/mol. The third-order valence-corrected chi connectivity index (χ3v) is 6.91. The molecule has 4 heterocycles. The van der Waals surface area contributed by atoms with Gasteiger partial charge in [-0.15, -0.1) is 0 Å². The molecule has 0 bridgehead atoms. The molecular formula is C34H34N6O3. The lowest BCUT2D eigenvalue weighted by Crippen LogP contribution is -2.47. The van der Waals surface area contributed by atoms with Crippen LogP contribution >= 0.6 is 0 Å². The maximum atomic E-state index is 13.4. The molecule has 1 N–H and O–H groups in total. The van der Waals surface area contributed by atoms with Crippen molar-refractivity contribution in [2.24, 2.45) is 0 Å². The zero-order valence-corrected chi connectivity index (χ0v) is 25.4. The van der Waals surface area contributed by atoms with Crippen molar-refractivity contribution in [3.63, 3.8) is 0 Å². The topological polar surface area (TPSA) is 102 Å². The number of amides is 2. The number of rotatable bonds is 4. The molecule has 2 amide bonds. The molecule has 0 spiro atoms. The van der Waals surface area contributed by atoms with Crippen molar-refractivity contribution in [2.75, 3.05) is 11.9 Å². The molecule has 4 aromatic heterocycles. The van der Waals surface area contributed by atoms with Gasteiger partial charge in [0.15, 0.2) is 0 Å². The molecule has 218 valence electrons. The monoisotopic (exact) mass is 574 g/mol. The van der Waals surface area contributed by atoms with Crippen LogP contribution in [0.4, 0.5) is 10.6 Å². The molecule has 1 aromatic carbocycles. The standard InChI is InChI=1S/C34H34N6O3/c1-21-9-8-10-30-36-20-29(40(21)30)26-18-27(13-11-24-12-14-28-22(2)35-16-15-25(28)17-24)38-31(19-26)39(7)32(41)23(3)37-33(42)43-34(4,5)6/h8-10,12,14-20,23H,1-7H3,(H,37,42). The molecule has 0 saturated heterocycles. The van der Waals surface area contributed by atoms with E-state index in [4.69, 9.17) is 9.72 Å². The molecule has 9 nitrogen and oxygen atoms in total. The molecule has 5 aromatic rings. The van der Waals surface area contributed by atoms with Crippen LogP contribution in [0.15, 0.2) is 67.0 Å². The zero-order chi connectivity index (χ0) is 30.9. The summed E-state index contributed by atoms with van der Waals surface area (Å²) in [6, 6.07) is 16.7. The van der Waals surface area contributed by atoms with Crippen molar-refractivity contribution >= 4 is 34.2 Å². The normalized spacial score (nSPS) is 12.0. The van der Waals surface area contributed by atoms with Crippen molar-refractivity contribution in [3.05, 3.63) is 89.6 Å². The summed E-state index contributed by atoms with van der Waals surface area (Å²) in [4.78, 5) is 40.8. The van der Waals surface area contributed by atoms with Gasteiger partial charge in [0.1, 0.15) is 28.8 Å². The lowest BCUT2D eigenvalue weighted by molar-refractivity contribution is -0.120. The van der Waals surface area contributed by atoms with Crippen LogP contribution < -0.4 is 10.2 Å². The van der Waals surface area contributed by atoms with Gasteiger partial charge in [-0.05, 0) is 95.3 Å². The maximum Gasteiger partial charge on any atom is 0.408 e. The third-order valence-electron chi connectivity index (χ3n) is 6.91. The SMILES string of the molecule is Cc1nccc2cc(C#Cc3cc(-c4cnc5cccc(C)n45)cc(N(C)C(=O)C(C)NC(=O)OC(C)(C)C)n3)ccc12. The summed E-state index contributed by atoms with van der Waals surface area (Å²) < 4.78 is 7.37. The van der Waals surface area contributed by atoms with Crippen LogP contribution in [-0.4, -0.2) is 50.0 Å². The predicted octanol–water partition coefficient (Wildman–Crippen LogP) is 5.84. The fraction of sp³-hybridized carbons (Fsp3) is 0.265. The number of imidazole rings is 1. The van der Waals surface area contributed by atoms with Gasteiger partial charge < -0.3 is 10.1 Å². The smallest absolute Gasteiger partial charge is 0.408 e. The van der Waals surface area contributed by atoms with E-state index < -0.39 is 17.7 Å². The Hall–Kier alpha value is -5.23. The molecule has 0 radical (unpaired) electrons. The van der Waals surface area contributed by atoms with E-state index in [2.05, 4.69) is 27.1 Å². The van der Waals surface area contributed by atoms with Crippen LogP contribution in [0.25, 0.3) is 27.7 Å². The molecule has 0 aliphatic heterocycles. The lowest BCUT2D eigenvalue weighted by Gasteiger charge is -2.24. The van der Waals surface area contributed by atoms with Crippen LogP contribution in [0, 0.1) is 25.7 Å². The van der Waals surface area contributed by atoms with Crippen LogP contribution in [0.3, 0.4) is 0 Å². The minimum atomic E-state index is -0.853. The summed E-state index contributed by atoms with van der Waals surface area (Å²) in [5, 5.41) is 4.75. The second kappa shape index (κ2) is 11.6. The number of likely N-dealkylation sites (N-methyl/N-ethyl adjacent to an activating group) is 1. The van der Waals surface area contributed by atoms with Gasteiger partial charge in [-0.25, -0.2) is 14.8 Å². The van der Waals surface area contributed by atoms with Gasteiger partial charge in [0.2, 0.25) is 5.91 Å². The molecule has 1 unspecified atom stereocenters. The fourth-order valence-electron chi connectivity index (χ4n) is 4.80. The highest BCUT2D eigenvalue weighted by Gasteiger charge is 2.25. The second-order valence-electron chi connectivity index (χ2n) is 11.5. The van der Waals surface area contributed by atoms with Crippen LogP contribution in [-0.2, 0) is 9.53 Å². The number of aromatic nitrogens is 4. The highest BCUT2D eigenvalue weighted by Crippen LogP contribution is 2.27. The first-order valence-corrected chi connectivity index (χ1v) is 14.0. The third kappa shape index (κ3) is 6.49.